The zero-order valence-corrected chi connectivity index (χ0v) is 30.1. The highest BCUT2D eigenvalue weighted by Crippen LogP contribution is 2.43. The van der Waals surface area contributed by atoms with Gasteiger partial charge in [-0.3, -0.25) is 9.36 Å². The number of anilines is 1. The van der Waals surface area contributed by atoms with Crippen molar-refractivity contribution in [2.45, 2.75) is 30.1 Å². The third kappa shape index (κ3) is 7.27. The van der Waals surface area contributed by atoms with E-state index in [1.807, 2.05) is 84.9 Å². The molecule has 13 nitrogen and oxygen atoms in total. The van der Waals surface area contributed by atoms with Crippen LogP contribution in [-0.4, -0.2) is 90.0 Å². The van der Waals surface area contributed by atoms with Crippen molar-refractivity contribution in [1.82, 2.24) is 19.5 Å². The molecule has 3 unspecified atom stereocenters. The van der Waals surface area contributed by atoms with Gasteiger partial charge in [0.05, 0.1) is 40.4 Å². The fourth-order valence-electron chi connectivity index (χ4n) is 6.71. The maximum atomic E-state index is 13.0. The summed E-state index contributed by atoms with van der Waals surface area (Å²) >= 11 is 0. The second kappa shape index (κ2) is 16.5. The van der Waals surface area contributed by atoms with Crippen LogP contribution in [0.3, 0.4) is 0 Å². The van der Waals surface area contributed by atoms with Crippen molar-refractivity contribution >= 4 is 22.9 Å². The summed E-state index contributed by atoms with van der Waals surface area (Å²) in [5.74, 6) is 1.28. The summed E-state index contributed by atoms with van der Waals surface area (Å²) in [6.45, 7) is 0.442. The van der Waals surface area contributed by atoms with Gasteiger partial charge in [0.2, 0.25) is 0 Å². The van der Waals surface area contributed by atoms with Crippen LogP contribution in [0.1, 0.15) is 33.3 Å². The average Bonchev–Trinajstić information content (AvgIpc) is 3.80. The molecule has 1 saturated heterocycles. The number of aliphatic hydroxyl groups excluding tert-OH is 1. The smallest absolute Gasteiger partial charge is 0.256 e. The molecule has 54 heavy (non-hydrogen) atoms. The Hall–Kier alpha value is -5.70. The van der Waals surface area contributed by atoms with Gasteiger partial charge in [0, 0.05) is 12.7 Å². The molecule has 6 aromatic rings. The van der Waals surface area contributed by atoms with Crippen molar-refractivity contribution < 1.29 is 38.3 Å². The fourth-order valence-corrected chi connectivity index (χ4v) is 6.71. The van der Waals surface area contributed by atoms with E-state index in [4.69, 9.17) is 28.4 Å². The minimum Gasteiger partial charge on any atom is -0.497 e. The Morgan fingerprint density at radius 2 is 1.41 bits per heavy atom. The van der Waals surface area contributed by atoms with Gasteiger partial charge in [0.25, 0.3) is 5.91 Å². The first-order valence-corrected chi connectivity index (χ1v) is 17.4. The van der Waals surface area contributed by atoms with Crippen LogP contribution in [0, 0.1) is 0 Å². The number of aromatic nitrogens is 4. The highest BCUT2D eigenvalue weighted by atomic mass is 16.6. The molecule has 0 radical (unpaired) electrons. The van der Waals surface area contributed by atoms with Crippen LogP contribution in [0.4, 0.5) is 5.82 Å². The summed E-state index contributed by atoms with van der Waals surface area (Å²) in [6.07, 6.45) is -0.866. The Kier molecular flexibility index (Phi) is 11.2. The predicted octanol–water partition coefficient (Wildman–Crippen LogP) is 5.39. The van der Waals surface area contributed by atoms with Crippen molar-refractivity contribution in [3.63, 3.8) is 0 Å². The number of nitrogens with zero attached hydrogens (tertiary/aromatic N) is 4. The number of hydrogen-bond acceptors (Lipinski definition) is 11. The Morgan fingerprint density at radius 3 is 2.02 bits per heavy atom. The number of carbonyl (C=O) groups is 1. The zero-order chi connectivity index (χ0) is 37.5. The molecule has 2 N–H and O–H groups in total. The maximum Gasteiger partial charge on any atom is 0.256 e. The molecule has 0 bridgehead atoms. The Labute approximate surface area is 312 Å². The number of methoxy groups -OCH3 is 3. The number of rotatable bonds is 15. The van der Waals surface area contributed by atoms with E-state index in [-0.39, 0.29) is 24.9 Å². The molecule has 278 valence electrons. The highest BCUT2D eigenvalue weighted by molar-refractivity contribution is 6.06. The van der Waals surface area contributed by atoms with Crippen LogP contribution in [0.15, 0.2) is 122 Å². The van der Waals surface area contributed by atoms with Crippen LogP contribution < -0.4 is 14.8 Å². The van der Waals surface area contributed by atoms with E-state index in [0.717, 1.165) is 16.7 Å². The third-order valence-corrected chi connectivity index (χ3v) is 9.45. The second-order valence-corrected chi connectivity index (χ2v) is 12.6. The van der Waals surface area contributed by atoms with Gasteiger partial charge in [0.1, 0.15) is 41.7 Å². The largest absolute Gasteiger partial charge is 0.497 e. The van der Waals surface area contributed by atoms with Gasteiger partial charge in [-0.25, -0.2) is 15.0 Å². The molecule has 7 rings (SSSR count). The molecular formula is C41H41N5O8. The molecule has 1 aliphatic heterocycles. The summed E-state index contributed by atoms with van der Waals surface area (Å²) in [6, 6.07) is 34.1. The topological polar surface area (TPSA) is 148 Å². The lowest BCUT2D eigenvalue weighted by molar-refractivity contribution is -0.0970. The summed E-state index contributed by atoms with van der Waals surface area (Å²) in [4.78, 5) is 26.3. The summed E-state index contributed by atoms with van der Waals surface area (Å²) < 4.78 is 37.8. The molecule has 2 aromatic heterocycles. The van der Waals surface area contributed by atoms with Crippen molar-refractivity contribution in [3.05, 3.63) is 144 Å². The summed E-state index contributed by atoms with van der Waals surface area (Å²) in [5, 5.41) is 14.7. The first kappa shape index (κ1) is 36.6. The molecule has 1 fully saturated rings. The van der Waals surface area contributed by atoms with Gasteiger partial charge in [-0.2, -0.15) is 0 Å². The van der Waals surface area contributed by atoms with Crippen LogP contribution >= 0.6 is 0 Å². The number of nitrogens with one attached hydrogen (secondary N) is 1. The van der Waals surface area contributed by atoms with Gasteiger partial charge >= 0.3 is 0 Å². The monoisotopic (exact) mass is 731 g/mol. The van der Waals surface area contributed by atoms with E-state index in [9.17, 15) is 9.90 Å². The van der Waals surface area contributed by atoms with E-state index >= 15 is 0 Å². The van der Waals surface area contributed by atoms with Gasteiger partial charge < -0.3 is 38.8 Å². The lowest BCUT2D eigenvalue weighted by atomic mass is 9.80. The number of benzene rings is 4. The number of aliphatic hydroxyl groups is 1. The van der Waals surface area contributed by atoms with E-state index in [0.29, 0.717) is 34.8 Å². The SMILES string of the molecule is COCCO[C@H]1C(O)C(COC(c2ccccc2)(c2ccc(OC)cc2)c2ccc(OC)cc2)OC1n1cnc2c(NC(=O)c3ccccc3)ncnc21. The number of ether oxygens (including phenoxy) is 6. The minimum atomic E-state index is -1.14. The van der Waals surface area contributed by atoms with Crippen LogP contribution in [0.2, 0.25) is 0 Å². The standard InChI is InChI=1S/C41H41N5O8/c1-49-22-23-52-36-35(47)33(54-40(36)46-26-44-34-37(42-25-43-38(34)46)45-39(48)27-10-6-4-7-11-27)24-53-41(28-12-8-5-9-13-28,29-14-18-31(50-2)19-15-29)30-16-20-32(51-3)21-17-30/h4-21,25-26,33,35-36,40,47H,22-24H2,1-3H3,(H,42,43,45,48)/t33?,35?,36-,40?/m0/s1. The molecule has 1 amide bonds. The van der Waals surface area contributed by atoms with Crippen molar-refractivity contribution in [3.8, 4) is 11.5 Å². The lowest BCUT2D eigenvalue weighted by Gasteiger charge is -2.37. The van der Waals surface area contributed by atoms with Crippen LogP contribution in [-0.2, 0) is 24.5 Å². The fraction of sp³-hybridized carbons (Fsp3) is 0.268. The van der Waals surface area contributed by atoms with E-state index < -0.39 is 30.1 Å². The third-order valence-electron chi connectivity index (χ3n) is 9.45. The molecule has 3 heterocycles. The first-order valence-electron chi connectivity index (χ1n) is 17.4. The maximum absolute atomic E-state index is 13.0. The first-order chi connectivity index (χ1) is 26.5. The van der Waals surface area contributed by atoms with Crippen molar-refractivity contribution in [2.75, 3.05) is 46.5 Å². The number of fused-ring (bicyclic) bond motifs is 1. The molecule has 0 saturated carbocycles. The van der Waals surface area contributed by atoms with E-state index in [1.54, 1.807) is 50.2 Å². The summed E-state index contributed by atoms with van der Waals surface area (Å²) in [5.41, 5.74) is 2.57. The van der Waals surface area contributed by atoms with E-state index in [1.165, 1.54) is 12.7 Å². The molecule has 0 aliphatic carbocycles. The number of hydrogen-bond donors (Lipinski definition) is 2. The van der Waals surface area contributed by atoms with Gasteiger partial charge in [-0.15, -0.1) is 0 Å². The van der Waals surface area contributed by atoms with Crippen LogP contribution in [0.25, 0.3) is 11.2 Å². The number of imidazole rings is 1. The lowest BCUT2D eigenvalue weighted by Crippen LogP contribution is -2.40. The minimum absolute atomic E-state index is 0.0469. The Morgan fingerprint density at radius 1 is 0.796 bits per heavy atom. The highest BCUT2D eigenvalue weighted by Gasteiger charge is 2.48. The van der Waals surface area contributed by atoms with Crippen molar-refractivity contribution in [1.29, 1.82) is 0 Å². The van der Waals surface area contributed by atoms with Crippen molar-refractivity contribution in [2.24, 2.45) is 0 Å². The molecular weight excluding hydrogens is 690 g/mol. The van der Waals surface area contributed by atoms with Gasteiger partial charge in [0.15, 0.2) is 23.2 Å². The molecule has 1 aliphatic rings. The quantitative estimate of drug-likeness (QED) is 0.103. The Bertz CT molecular complexity index is 2080. The molecule has 4 aromatic carbocycles. The van der Waals surface area contributed by atoms with Gasteiger partial charge in [-0.1, -0.05) is 72.8 Å². The second-order valence-electron chi connectivity index (χ2n) is 12.6. The normalized spacial score (nSPS) is 18.4. The molecule has 13 heteroatoms. The zero-order valence-electron chi connectivity index (χ0n) is 30.1. The molecule has 4 atom stereocenters. The van der Waals surface area contributed by atoms with Crippen LogP contribution in [0.5, 0.6) is 11.5 Å². The Balaban J connectivity index is 1.24. The summed E-state index contributed by atoms with van der Waals surface area (Å²) in [7, 11) is 4.82. The predicted molar refractivity (Wildman–Crippen MR) is 200 cm³/mol. The van der Waals surface area contributed by atoms with Gasteiger partial charge in [-0.05, 0) is 53.1 Å². The molecule has 0 spiro atoms. The number of amides is 1. The number of carbonyl (C=O) groups excluding carboxylic acids is 1. The average molecular weight is 732 g/mol. The van der Waals surface area contributed by atoms with E-state index in [2.05, 4.69) is 20.3 Å².